The summed E-state index contributed by atoms with van der Waals surface area (Å²) in [4.78, 5) is 0. The fourth-order valence-electron chi connectivity index (χ4n) is 4.70. The lowest BCUT2D eigenvalue weighted by molar-refractivity contribution is -0.211. The highest BCUT2D eigenvalue weighted by Crippen LogP contribution is 2.40. The van der Waals surface area contributed by atoms with Crippen molar-refractivity contribution in [3.05, 3.63) is 35.9 Å². The Balaban J connectivity index is 1.49. The summed E-state index contributed by atoms with van der Waals surface area (Å²) in [6.07, 6.45) is 5.09. The van der Waals surface area contributed by atoms with E-state index in [0.717, 1.165) is 18.4 Å². The van der Waals surface area contributed by atoms with Crippen molar-refractivity contribution in [2.24, 2.45) is 5.92 Å². The number of methoxy groups -OCH3 is 1. The molecule has 4 rings (SSSR count). The van der Waals surface area contributed by atoms with Gasteiger partial charge in [0.25, 0.3) is 0 Å². The molecule has 1 aliphatic carbocycles. The molecule has 0 unspecified atom stereocenters. The van der Waals surface area contributed by atoms with Crippen molar-refractivity contribution < 1.29 is 23.7 Å². The van der Waals surface area contributed by atoms with Gasteiger partial charge in [-0.05, 0) is 18.4 Å². The number of hydrogen-bond donors (Lipinski definition) is 0. The number of benzene rings is 1. The standard InChI is InChI=1S/C22H32O5/c1-16-13-24-21(19(16)23-2)20(25-14-17-9-5-3-6-10-17)18-15-26-22(27-18)11-7-4-8-12-22/h3,5-6,9-10,16,18-21H,4,7-8,11-15H2,1-2H3/t16-,18+,19-,20-,21-/m0/s1. The van der Waals surface area contributed by atoms with Gasteiger partial charge >= 0.3 is 0 Å². The van der Waals surface area contributed by atoms with Gasteiger partial charge in [0.1, 0.15) is 18.3 Å². The maximum atomic E-state index is 6.50. The van der Waals surface area contributed by atoms with Crippen LogP contribution in [0.4, 0.5) is 0 Å². The smallest absolute Gasteiger partial charge is 0.169 e. The van der Waals surface area contributed by atoms with E-state index >= 15 is 0 Å². The fraction of sp³-hybridized carbons (Fsp3) is 0.727. The minimum absolute atomic E-state index is 0.0114. The minimum Gasteiger partial charge on any atom is -0.378 e. The van der Waals surface area contributed by atoms with E-state index < -0.39 is 5.79 Å². The van der Waals surface area contributed by atoms with Gasteiger partial charge in [-0.25, -0.2) is 0 Å². The van der Waals surface area contributed by atoms with Crippen LogP contribution in [0.25, 0.3) is 0 Å². The van der Waals surface area contributed by atoms with E-state index in [1.165, 1.54) is 19.3 Å². The molecule has 2 aliphatic heterocycles. The Morgan fingerprint density at radius 1 is 1.11 bits per heavy atom. The van der Waals surface area contributed by atoms with Crippen molar-refractivity contribution in [2.75, 3.05) is 20.3 Å². The third-order valence-electron chi connectivity index (χ3n) is 6.18. The summed E-state index contributed by atoms with van der Waals surface area (Å²) in [7, 11) is 1.76. The van der Waals surface area contributed by atoms with Crippen molar-refractivity contribution in [1.29, 1.82) is 0 Å². The number of rotatable bonds is 6. The Hall–Kier alpha value is -0.980. The molecule has 1 aromatic carbocycles. The normalized spacial score (nSPS) is 34.1. The van der Waals surface area contributed by atoms with Crippen molar-refractivity contribution in [2.45, 2.75) is 75.8 Å². The van der Waals surface area contributed by atoms with Gasteiger partial charge in [-0.15, -0.1) is 0 Å². The topological polar surface area (TPSA) is 46.2 Å². The van der Waals surface area contributed by atoms with Crippen LogP contribution >= 0.6 is 0 Å². The zero-order chi connectivity index (χ0) is 18.7. The Bertz CT molecular complexity index is 586. The summed E-state index contributed by atoms with van der Waals surface area (Å²) >= 11 is 0. The minimum atomic E-state index is -0.413. The van der Waals surface area contributed by atoms with Gasteiger partial charge in [0.15, 0.2) is 5.79 Å². The lowest BCUT2D eigenvalue weighted by Gasteiger charge is -2.35. The largest absolute Gasteiger partial charge is 0.378 e. The van der Waals surface area contributed by atoms with Gasteiger partial charge in [0.2, 0.25) is 0 Å². The van der Waals surface area contributed by atoms with Crippen LogP contribution in [0.1, 0.15) is 44.6 Å². The molecule has 0 amide bonds. The zero-order valence-corrected chi connectivity index (χ0v) is 16.5. The Labute approximate surface area is 162 Å². The molecular formula is C22H32O5. The van der Waals surface area contributed by atoms with Gasteiger partial charge in [0.05, 0.1) is 25.9 Å². The van der Waals surface area contributed by atoms with Gasteiger partial charge in [0, 0.05) is 25.9 Å². The van der Waals surface area contributed by atoms with Crippen LogP contribution in [-0.4, -0.2) is 50.5 Å². The van der Waals surface area contributed by atoms with Crippen LogP contribution in [-0.2, 0) is 30.3 Å². The summed E-state index contributed by atoms with van der Waals surface area (Å²) < 4.78 is 31.0. The van der Waals surface area contributed by atoms with Crippen LogP contribution in [0, 0.1) is 5.92 Å². The molecule has 150 valence electrons. The third kappa shape index (κ3) is 4.22. The Morgan fingerprint density at radius 3 is 2.63 bits per heavy atom. The van der Waals surface area contributed by atoms with Crippen molar-refractivity contribution >= 4 is 0 Å². The lowest BCUT2D eigenvalue weighted by Crippen LogP contribution is -2.48. The summed E-state index contributed by atoms with van der Waals surface area (Å²) in [6.45, 7) is 3.94. The molecule has 3 fully saturated rings. The van der Waals surface area contributed by atoms with Crippen molar-refractivity contribution in [3.8, 4) is 0 Å². The fourth-order valence-corrected chi connectivity index (χ4v) is 4.70. The van der Waals surface area contributed by atoms with Crippen LogP contribution in [0.5, 0.6) is 0 Å². The van der Waals surface area contributed by atoms with Crippen molar-refractivity contribution in [1.82, 2.24) is 0 Å². The van der Waals surface area contributed by atoms with Crippen LogP contribution in [0.3, 0.4) is 0 Å². The summed E-state index contributed by atoms with van der Waals surface area (Å²) in [5.41, 5.74) is 1.15. The molecule has 3 aliphatic rings. The average Bonchev–Trinajstić information content (AvgIpc) is 3.27. The summed E-state index contributed by atoms with van der Waals surface area (Å²) in [6, 6.07) is 10.2. The maximum Gasteiger partial charge on any atom is 0.169 e. The molecule has 0 N–H and O–H groups in total. The molecule has 5 heteroatoms. The Morgan fingerprint density at radius 2 is 1.89 bits per heavy atom. The predicted octanol–water partition coefficient (Wildman–Crippen LogP) is 3.70. The lowest BCUT2D eigenvalue weighted by atomic mass is 9.94. The SMILES string of the molecule is CO[C@@H]1[C@@H]([C@@H](OCc2ccccc2)[C@H]2COC3(CCCCC3)O2)OC[C@@H]1C. The first-order chi connectivity index (χ1) is 13.2. The van der Waals surface area contributed by atoms with Gasteiger partial charge in [-0.3, -0.25) is 0 Å². The second-order valence-corrected chi connectivity index (χ2v) is 8.18. The molecule has 0 bridgehead atoms. The van der Waals surface area contributed by atoms with E-state index in [0.29, 0.717) is 25.7 Å². The number of hydrogen-bond acceptors (Lipinski definition) is 5. The molecule has 0 radical (unpaired) electrons. The monoisotopic (exact) mass is 376 g/mol. The van der Waals surface area contributed by atoms with Gasteiger partial charge in [-0.1, -0.05) is 43.7 Å². The van der Waals surface area contributed by atoms with E-state index in [1.54, 1.807) is 7.11 Å². The summed E-state index contributed by atoms with van der Waals surface area (Å²) in [5, 5.41) is 0. The highest BCUT2D eigenvalue weighted by atomic mass is 16.8. The van der Waals surface area contributed by atoms with E-state index in [-0.39, 0.29) is 24.4 Å². The molecule has 1 saturated carbocycles. The highest BCUT2D eigenvalue weighted by molar-refractivity contribution is 5.13. The van der Waals surface area contributed by atoms with Crippen LogP contribution in [0.2, 0.25) is 0 Å². The molecule has 5 atom stereocenters. The highest BCUT2D eigenvalue weighted by Gasteiger charge is 2.50. The van der Waals surface area contributed by atoms with E-state index in [9.17, 15) is 0 Å². The van der Waals surface area contributed by atoms with E-state index in [1.807, 2.05) is 18.2 Å². The number of ether oxygens (including phenoxy) is 5. The predicted molar refractivity (Wildman–Crippen MR) is 101 cm³/mol. The average molecular weight is 376 g/mol. The molecule has 2 heterocycles. The molecular weight excluding hydrogens is 344 g/mol. The van der Waals surface area contributed by atoms with Gasteiger partial charge < -0.3 is 23.7 Å². The third-order valence-corrected chi connectivity index (χ3v) is 6.18. The quantitative estimate of drug-likeness (QED) is 0.758. The first kappa shape index (κ1) is 19.3. The molecule has 2 saturated heterocycles. The zero-order valence-electron chi connectivity index (χ0n) is 16.5. The van der Waals surface area contributed by atoms with E-state index in [4.69, 9.17) is 23.7 Å². The molecule has 1 spiro atoms. The molecule has 27 heavy (non-hydrogen) atoms. The van der Waals surface area contributed by atoms with Gasteiger partial charge in [-0.2, -0.15) is 0 Å². The summed E-state index contributed by atoms with van der Waals surface area (Å²) in [5.74, 6) is -0.0712. The maximum absolute atomic E-state index is 6.50. The van der Waals surface area contributed by atoms with E-state index in [2.05, 4.69) is 19.1 Å². The first-order valence-electron chi connectivity index (χ1n) is 10.3. The molecule has 1 aromatic rings. The Kier molecular flexibility index (Phi) is 6.15. The molecule has 0 aromatic heterocycles. The second-order valence-electron chi connectivity index (χ2n) is 8.18. The van der Waals surface area contributed by atoms with Crippen LogP contribution in [0.15, 0.2) is 30.3 Å². The molecule has 5 nitrogen and oxygen atoms in total. The second kappa shape index (κ2) is 8.58. The van der Waals surface area contributed by atoms with Crippen molar-refractivity contribution in [3.63, 3.8) is 0 Å². The van der Waals surface area contributed by atoms with Crippen LogP contribution < -0.4 is 0 Å². The first-order valence-corrected chi connectivity index (χ1v) is 10.3.